The maximum absolute atomic E-state index is 12.3. The van der Waals surface area contributed by atoms with Gasteiger partial charge in [0.15, 0.2) is 0 Å². The number of rotatable bonds is 6. The molecular weight excluding hydrogens is 270 g/mol. The molecule has 1 atom stereocenters. The van der Waals surface area contributed by atoms with Crippen LogP contribution in [-0.2, 0) is 6.42 Å². The second-order valence-corrected chi connectivity index (χ2v) is 5.89. The molecule has 4 heteroatoms. The van der Waals surface area contributed by atoms with Crippen molar-refractivity contribution in [2.45, 2.75) is 31.2 Å². The molecule has 2 aromatic rings. The number of thioether (sulfide) groups is 1. The molecule has 0 saturated carbocycles. The number of hydrogen-bond donors (Lipinski definition) is 1. The Bertz CT molecular complexity index is 551. The van der Waals surface area contributed by atoms with Gasteiger partial charge in [-0.1, -0.05) is 19.1 Å². The van der Waals surface area contributed by atoms with Crippen LogP contribution in [0.3, 0.4) is 0 Å². The maximum atomic E-state index is 12.3. The first-order chi connectivity index (χ1) is 9.70. The third-order valence-corrected chi connectivity index (χ3v) is 3.85. The molecule has 1 amide bonds. The van der Waals surface area contributed by atoms with Crippen LogP contribution < -0.4 is 5.32 Å². The molecule has 1 aromatic carbocycles. The fourth-order valence-electron chi connectivity index (χ4n) is 2.02. The Balaban J connectivity index is 2.00. The summed E-state index contributed by atoms with van der Waals surface area (Å²) in [6, 6.07) is 11.5. The largest absolute Gasteiger partial charge is 0.469 e. The van der Waals surface area contributed by atoms with Gasteiger partial charge in [-0.25, -0.2) is 0 Å². The monoisotopic (exact) mass is 289 g/mol. The molecule has 1 heterocycles. The van der Waals surface area contributed by atoms with Gasteiger partial charge in [-0.3, -0.25) is 4.79 Å². The van der Waals surface area contributed by atoms with Gasteiger partial charge in [-0.15, -0.1) is 11.8 Å². The molecule has 1 aromatic heterocycles. The first-order valence-corrected chi connectivity index (χ1v) is 7.74. The van der Waals surface area contributed by atoms with Crippen molar-refractivity contribution >= 4 is 17.7 Å². The van der Waals surface area contributed by atoms with E-state index in [2.05, 4.69) is 12.2 Å². The second kappa shape index (κ2) is 7.20. The van der Waals surface area contributed by atoms with Gasteiger partial charge in [-0.05, 0) is 36.9 Å². The molecule has 0 radical (unpaired) electrons. The predicted molar refractivity (Wildman–Crippen MR) is 82.2 cm³/mol. The van der Waals surface area contributed by atoms with Crippen molar-refractivity contribution in [3.05, 3.63) is 54.0 Å². The molecule has 0 aliphatic carbocycles. The van der Waals surface area contributed by atoms with Gasteiger partial charge in [0, 0.05) is 17.4 Å². The highest BCUT2D eigenvalue weighted by molar-refractivity contribution is 7.99. The fraction of sp³-hybridized carbons (Fsp3) is 0.312. The Morgan fingerprint density at radius 2 is 2.10 bits per heavy atom. The Morgan fingerprint density at radius 1 is 1.30 bits per heavy atom. The number of hydrogen-bond acceptors (Lipinski definition) is 3. The summed E-state index contributed by atoms with van der Waals surface area (Å²) < 4.78 is 5.30. The van der Waals surface area contributed by atoms with E-state index in [0.29, 0.717) is 6.42 Å². The van der Waals surface area contributed by atoms with Crippen LogP contribution >= 0.6 is 11.8 Å². The number of nitrogens with one attached hydrogen (secondary N) is 1. The molecular formula is C16H19NO2S. The van der Waals surface area contributed by atoms with Gasteiger partial charge in [0.2, 0.25) is 0 Å². The van der Waals surface area contributed by atoms with E-state index in [4.69, 9.17) is 4.42 Å². The zero-order chi connectivity index (χ0) is 14.4. The number of carbonyl (C=O) groups excluding carboxylic acids is 1. The van der Waals surface area contributed by atoms with Crippen molar-refractivity contribution in [2.75, 3.05) is 5.75 Å². The molecule has 0 bridgehead atoms. The van der Waals surface area contributed by atoms with Gasteiger partial charge in [0.05, 0.1) is 11.8 Å². The van der Waals surface area contributed by atoms with Crippen molar-refractivity contribution in [3.8, 4) is 0 Å². The van der Waals surface area contributed by atoms with Crippen molar-refractivity contribution < 1.29 is 9.21 Å². The average molecular weight is 289 g/mol. The average Bonchev–Trinajstić information content (AvgIpc) is 2.92. The third kappa shape index (κ3) is 3.90. The third-order valence-electron chi connectivity index (χ3n) is 2.90. The van der Waals surface area contributed by atoms with Crippen LogP contribution in [0.1, 0.15) is 30.0 Å². The molecule has 1 N–H and O–H groups in total. The normalized spacial score (nSPS) is 12.1. The van der Waals surface area contributed by atoms with E-state index >= 15 is 0 Å². The number of benzene rings is 1. The predicted octanol–water partition coefficient (Wildman–Crippen LogP) is 3.75. The lowest BCUT2D eigenvalue weighted by atomic mass is 10.1. The molecule has 0 fully saturated rings. The molecule has 2 rings (SSSR count). The Kier molecular flexibility index (Phi) is 5.30. The van der Waals surface area contributed by atoms with Crippen LogP contribution in [0.4, 0.5) is 0 Å². The summed E-state index contributed by atoms with van der Waals surface area (Å²) in [6.45, 7) is 4.06. The highest BCUT2D eigenvalue weighted by Crippen LogP contribution is 2.22. The van der Waals surface area contributed by atoms with Gasteiger partial charge < -0.3 is 9.73 Å². The Morgan fingerprint density at radius 3 is 2.80 bits per heavy atom. The number of furan rings is 1. The molecule has 3 nitrogen and oxygen atoms in total. The quantitative estimate of drug-likeness (QED) is 0.823. The number of amides is 1. The minimum Gasteiger partial charge on any atom is -0.469 e. The van der Waals surface area contributed by atoms with E-state index in [1.807, 2.05) is 43.3 Å². The van der Waals surface area contributed by atoms with E-state index in [-0.39, 0.29) is 11.9 Å². The lowest BCUT2D eigenvalue weighted by molar-refractivity contribution is 0.0936. The standard InChI is InChI=1S/C16H19NO2S/c1-3-20-15-9-5-4-8-14(15)16(18)17-12(2)11-13-7-6-10-19-13/h4-10,12H,3,11H2,1-2H3,(H,17,18). The first-order valence-electron chi connectivity index (χ1n) is 6.75. The summed E-state index contributed by atoms with van der Waals surface area (Å²) in [6.07, 6.45) is 2.35. The van der Waals surface area contributed by atoms with Crippen LogP contribution in [0.2, 0.25) is 0 Å². The summed E-state index contributed by atoms with van der Waals surface area (Å²) in [4.78, 5) is 13.3. The highest BCUT2D eigenvalue weighted by atomic mass is 32.2. The van der Waals surface area contributed by atoms with Gasteiger partial charge in [0.25, 0.3) is 5.91 Å². The lowest BCUT2D eigenvalue weighted by Gasteiger charge is -2.14. The number of carbonyl (C=O) groups is 1. The second-order valence-electron chi connectivity index (χ2n) is 4.59. The molecule has 106 valence electrons. The summed E-state index contributed by atoms with van der Waals surface area (Å²) in [5, 5.41) is 3.02. The van der Waals surface area contributed by atoms with Crippen molar-refractivity contribution in [1.29, 1.82) is 0 Å². The van der Waals surface area contributed by atoms with Gasteiger partial charge in [-0.2, -0.15) is 0 Å². The van der Waals surface area contributed by atoms with Crippen LogP contribution in [0.25, 0.3) is 0 Å². The highest BCUT2D eigenvalue weighted by Gasteiger charge is 2.14. The minimum atomic E-state index is -0.0272. The smallest absolute Gasteiger partial charge is 0.252 e. The SMILES string of the molecule is CCSc1ccccc1C(=O)NC(C)Cc1ccco1. The molecule has 0 aliphatic rings. The summed E-state index contributed by atoms with van der Waals surface area (Å²) in [5.74, 6) is 1.81. The summed E-state index contributed by atoms with van der Waals surface area (Å²) in [5.41, 5.74) is 0.741. The van der Waals surface area contributed by atoms with E-state index < -0.39 is 0 Å². The van der Waals surface area contributed by atoms with Crippen molar-refractivity contribution in [1.82, 2.24) is 5.32 Å². The molecule has 20 heavy (non-hydrogen) atoms. The van der Waals surface area contributed by atoms with E-state index in [1.165, 1.54) is 0 Å². The molecule has 0 aliphatic heterocycles. The Hall–Kier alpha value is -1.68. The summed E-state index contributed by atoms with van der Waals surface area (Å²) in [7, 11) is 0. The maximum Gasteiger partial charge on any atom is 0.252 e. The molecule has 0 spiro atoms. The lowest BCUT2D eigenvalue weighted by Crippen LogP contribution is -2.34. The van der Waals surface area contributed by atoms with Gasteiger partial charge in [0.1, 0.15) is 5.76 Å². The molecule has 0 saturated heterocycles. The van der Waals surface area contributed by atoms with Crippen LogP contribution in [0.5, 0.6) is 0 Å². The van der Waals surface area contributed by atoms with Crippen LogP contribution in [0.15, 0.2) is 52.0 Å². The summed E-state index contributed by atoms with van der Waals surface area (Å²) >= 11 is 1.68. The molecule has 1 unspecified atom stereocenters. The topological polar surface area (TPSA) is 42.2 Å². The zero-order valence-electron chi connectivity index (χ0n) is 11.8. The van der Waals surface area contributed by atoms with E-state index in [1.54, 1.807) is 18.0 Å². The zero-order valence-corrected chi connectivity index (χ0v) is 12.6. The van der Waals surface area contributed by atoms with E-state index in [0.717, 1.165) is 22.0 Å². The van der Waals surface area contributed by atoms with Crippen molar-refractivity contribution in [2.24, 2.45) is 0 Å². The first kappa shape index (κ1) is 14.7. The van der Waals surface area contributed by atoms with Gasteiger partial charge >= 0.3 is 0 Å². The van der Waals surface area contributed by atoms with Crippen LogP contribution in [0, 0.1) is 0 Å². The fourth-order valence-corrected chi connectivity index (χ4v) is 2.82. The van der Waals surface area contributed by atoms with Crippen LogP contribution in [-0.4, -0.2) is 17.7 Å². The van der Waals surface area contributed by atoms with E-state index in [9.17, 15) is 4.79 Å². The Labute approximate surface area is 123 Å². The van der Waals surface area contributed by atoms with Crippen molar-refractivity contribution in [3.63, 3.8) is 0 Å². The minimum absolute atomic E-state index is 0.0272.